The Morgan fingerprint density at radius 2 is 1.81 bits per heavy atom. The van der Waals surface area contributed by atoms with Crippen LogP contribution >= 0.6 is 0 Å². The fourth-order valence-corrected chi connectivity index (χ4v) is 5.55. The van der Waals surface area contributed by atoms with Crippen molar-refractivity contribution < 1.29 is 13.2 Å². The molecular weight excluding hydrogens is 535 g/mol. The van der Waals surface area contributed by atoms with E-state index in [1.807, 2.05) is 29.2 Å². The molecule has 0 bridgehead atoms. The van der Waals surface area contributed by atoms with Gasteiger partial charge in [-0.15, -0.1) is 6.58 Å². The molecule has 1 fully saturated rings. The lowest BCUT2D eigenvalue weighted by Crippen LogP contribution is -2.46. The van der Waals surface area contributed by atoms with Gasteiger partial charge in [0, 0.05) is 69.9 Å². The van der Waals surface area contributed by atoms with E-state index in [1.165, 1.54) is 12.1 Å². The molecule has 0 radical (unpaired) electrons. The van der Waals surface area contributed by atoms with E-state index in [0.29, 0.717) is 30.0 Å². The van der Waals surface area contributed by atoms with Crippen LogP contribution in [-0.2, 0) is 6.18 Å². The van der Waals surface area contributed by atoms with Gasteiger partial charge in [0.2, 0.25) is 0 Å². The maximum Gasteiger partial charge on any atom is 0.416 e. The van der Waals surface area contributed by atoms with Crippen molar-refractivity contribution >= 4 is 22.6 Å². The largest absolute Gasteiger partial charge is 0.416 e. The molecule has 0 aliphatic carbocycles. The fraction of sp³-hybridized carbons (Fsp3) is 0.412. The minimum absolute atomic E-state index is 0.430. The monoisotopic (exact) mass is 579 g/mol. The third-order valence-electron chi connectivity index (χ3n) is 8.19. The van der Waals surface area contributed by atoms with Crippen molar-refractivity contribution in [2.75, 3.05) is 69.6 Å². The van der Waals surface area contributed by atoms with Crippen LogP contribution in [0.2, 0.25) is 0 Å². The van der Waals surface area contributed by atoms with Crippen LogP contribution in [0, 0.1) is 6.92 Å². The predicted molar refractivity (Wildman–Crippen MR) is 170 cm³/mol. The lowest BCUT2D eigenvalue weighted by molar-refractivity contribution is -0.137. The van der Waals surface area contributed by atoms with Crippen LogP contribution in [0.15, 0.2) is 73.6 Å². The quantitative estimate of drug-likeness (QED) is 0.282. The highest BCUT2D eigenvalue weighted by Gasteiger charge is 2.32. The molecule has 2 heterocycles. The van der Waals surface area contributed by atoms with Crippen LogP contribution in [0.25, 0.3) is 11.3 Å². The van der Waals surface area contributed by atoms with Gasteiger partial charge in [-0.05, 0) is 85.5 Å². The summed E-state index contributed by atoms with van der Waals surface area (Å²) in [6.45, 7) is 20.9. The number of halogens is 3. The van der Waals surface area contributed by atoms with Gasteiger partial charge in [0.05, 0.1) is 5.56 Å². The molecule has 226 valence electrons. The van der Waals surface area contributed by atoms with Crippen LogP contribution in [-0.4, -0.2) is 74.1 Å². The van der Waals surface area contributed by atoms with Gasteiger partial charge in [0.25, 0.3) is 0 Å². The van der Waals surface area contributed by atoms with Gasteiger partial charge in [-0.2, -0.15) is 13.2 Å². The van der Waals surface area contributed by atoms with E-state index in [0.717, 1.165) is 73.9 Å². The van der Waals surface area contributed by atoms with E-state index in [2.05, 4.69) is 79.2 Å². The normalized spacial score (nSPS) is 16.2. The number of rotatable bonds is 11. The maximum atomic E-state index is 13.9. The number of benzene rings is 2. The zero-order valence-electron chi connectivity index (χ0n) is 25.4. The van der Waals surface area contributed by atoms with Gasteiger partial charge >= 0.3 is 6.18 Å². The summed E-state index contributed by atoms with van der Waals surface area (Å²) < 4.78 is 41.8. The number of likely N-dealkylation sites (N-methyl/N-ethyl adjacent to an activating group) is 2. The average molecular weight is 580 g/mol. The number of nitrogens with one attached hydrogen (secondary N) is 1. The lowest BCUT2D eigenvalue weighted by Gasteiger charge is -2.36. The molecule has 2 aromatic carbocycles. The Labute approximate surface area is 249 Å². The van der Waals surface area contributed by atoms with Crippen LogP contribution in [0.1, 0.15) is 42.5 Å². The van der Waals surface area contributed by atoms with Crippen LogP contribution in [0.5, 0.6) is 0 Å². The van der Waals surface area contributed by atoms with E-state index in [4.69, 9.17) is 0 Å². The van der Waals surface area contributed by atoms with E-state index in [1.54, 1.807) is 0 Å². The van der Waals surface area contributed by atoms with Crippen molar-refractivity contribution in [2.45, 2.75) is 33.4 Å². The molecular formula is C34H44F3N5. The van der Waals surface area contributed by atoms with Gasteiger partial charge in [0.1, 0.15) is 5.82 Å². The highest BCUT2D eigenvalue weighted by Crippen LogP contribution is 2.36. The molecule has 2 aliphatic rings. The summed E-state index contributed by atoms with van der Waals surface area (Å²) in [6.07, 6.45) is 2.83. The number of aryl methyl sites for hydroxylation is 1. The summed E-state index contributed by atoms with van der Waals surface area (Å²) >= 11 is 0. The maximum absolute atomic E-state index is 13.9. The number of piperazine rings is 1. The summed E-state index contributed by atoms with van der Waals surface area (Å²) in [6, 6.07) is 10.3. The van der Waals surface area contributed by atoms with Crippen molar-refractivity contribution in [1.82, 2.24) is 14.7 Å². The summed E-state index contributed by atoms with van der Waals surface area (Å²) in [5.41, 5.74) is 4.89. The summed E-state index contributed by atoms with van der Waals surface area (Å²) in [7, 11) is 2.09. The molecule has 1 saturated heterocycles. The number of anilines is 2. The predicted octanol–water partition coefficient (Wildman–Crippen LogP) is 7.31. The third-order valence-corrected chi connectivity index (χ3v) is 8.19. The Bertz CT molecular complexity index is 1340. The van der Waals surface area contributed by atoms with Crippen molar-refractivity contribution in [2.24, 2.45) is 0 Å². The van der Waals surface area contributed by atoms with Gasteiger partial charge in [-0.1, -0.05) is 31.7 Å². The van der Waals surface area contributed by atoms with Gasteiger partial charge in [-0.25, -0.2) is 0 Å². The highest BCUT2D eigenvalue weighted by atomic mass is 19.4. The first kappa shape index (κ1) is 31.3. The van der Waals surface area contributed by atoms with E-state index in [9.17, 15) is 13.2 Å². The molecule has 0 unspecified atom stereocenters. The van der Waals surface area contributed by atoms with Crippen molar-refractivity contribution in [3.05, 3.63) is 95.9 Å². The standard InChI is InChI=1S/C34H44F3N5/c1-7-10-14-41(9-3)33-22-27(13-15-39(33)6)32-24-30(12-11-25(32)4)38-26(5)28-20-29(34(35,36)37)23-31(21-28)42-18-16-40(8-2)17-19-42/h7,11-13,20-24,38H,1,5,8-10,14-19H2,2-4,6H3. The van der Waals surface area contributed by atoms with Gasteiger partial charge in [-0.3, -0.25) is 0 Å². The summed E-state index contributed by atoms with van der Waals surface area (Å²) in [5, 5.41) is 3.30. The molecule has 4 rings (SSSR count). The molecule has 5 nitrogen and oxygen atoms in total. The molecule has 2 aliphatic heterocycles. The highest BCUT2D eigenvalue weighted by molar-refractivity contribution is 5.83. The molecule has 2 aromatic rings. The Hall–Kier alpha value is -3.65. The average Bonchev–Trinajstić information content (AvgIpc) is 2.98. The van der Waals surface area contributed by atoms with Gasteiger partial charge < -0.3 is 24.9 Å². The number of hydrogen-bond acceptors (Lipinski definition) is 5. The zero-order valence-corrected chi connectivity index (χ0v) is 25.4. The van der Waals surface area contributed by atoms with Crippen LogP contribution in [0.4, 0.5) is 24.5 Å². The number of hydrogen-bond donors (Lipinski definition) is 1. The van der Waals surface area contributed by atoms with Crippen LogP contribution in [0.3, 0.4) is 0 Å². The number of alkyl halides is 3. The molecule has 0 aromatic heterocycles. The minimum atomic E-state index is -4.45. The summed E-state index contributed by atoms with van der Waals surface area (Å²) in [4.78, 5) is 8.93. The second kappa shape index (κ2) is 13.6. The molecule has 1 N–H and O–H groups in total. The molecule has 0 atom stereocenters. The topological polar surface area (TPSA) is 25.0 Å². The van der Waals surface area contributed by atoms with Crippen molar-refractivity contribution in [3.63, 3.8) is 0 Å². The second-order valence-corrected chi connectivity index (χ2v) is 11.0. The molecule has 42 heavy (non-hydrogen) atoms. The first-order valence-corrected chi connectivity index (χ1v) is 14.8. The van der Waals surface area contributed by atoms with E-state index < -0.39 is 11.7 Å². The van der Waals surface area contributed by atoms with Gasteiger partial charge in [0.15, 0.2) is 0 Å². The van der Waals surface area contributed by atoms with Crippen molar-refractivity contribution in [3.8, 4) is 0 Å². The Morgan fingerprint density at radius 1 is 1.07 bits per heavy atom. The Kier molecular flexibility index (Phi) is 10.1. The van der Waals surface area contributed by atoms with Crippen LogP contribution < -0.4 is 10.2 Å². The zero-order chi connectivity index (χ0) is 30.4. The molecule has 0 amide bonds. The number of nitrogens with zero attached hydrogens (tertiary/aromatic N) is 4. The minimum Gasteiger partial charge on any atom is -0.369 e. The summed E-state index contributed by atoms with van der Waals surface area (Å²) in [5.74, 6) is 1.16. The molecule has 8 heteroatoms. The first-order chi connectivity index (χ1) is 20.0. The third kappa shape index (κ3) is 7.40. The lowest BCUT2D eigenvalue weighted by atomic mass is 9.97. The second-order valence-electron chi connectivity index (χ2n) is 11.0. The van der Waals surface area contributed by atoms with E-state index in [-0.39, 0.29) is 0 Å². The fourth-order valence-electron chi connectivity index (χ4n) is 5.55. The van der Waals surface area contributed by atoms with E-state index >= 15 is 0 Å². The Balaban J connectivity index is 1.60. The Morgan fingerprint density at radius 3 is 2.45 bits per heavy atom. The number of allylic oxidation sites excluding steroid dienone is 2. The first-order valence-electron chi connectivity index (χ1n) is 14.8. The van der Waals surface area contributed by atoms with Crippen molar-refractivity contribution in [1.29, 1.82) is 0 Å². The molecule has 0 spiro atoms. The molecule has 0 saturated carbocycles. The SMILES string of the molecule is C=CCCN(CC)C1=CC(c2cc(NC(=C)c3cc(N4CCN(CC)CC4)cc(C(F)(F)F)c3)ccc2C)=CCN1C. The smallest absolute Gasteiger partial charge is 0.369 e.